The van der Waals surface area contributed by atoms with Crippen LogP contribution in [0.4, 0.5) is 0 Å². The highest BCUT2D eigenvalue weighted by Crippen LogP contribution is 2.28. The number of aromatic nitrogens is 1. The van der Waals surface area contributed by atoms with Gasteiger partial charge in [0.25, 0.3) is 0 Å². The topological polar surface area (TPSA) is 68.4 Å². The molecule has 0 aliphatic carbocycles. The van der Waals surface area contributed by atoms with E-state index in [2.05, 4.69) is 11.9 Å². The van der Waals surface area contributed by atoms with Crippen molar-refractivity contribution in [2.24, 2.45) is 5.73 Å². The van der Waals surface area contributed by atoms with E-state index in [9.17, 15) is 5.11 Å². The van der Waals surface area contributed by atoms with Gasteiger partial charge >= 0.3 is 0 Å². The van der Waals surface area contributed by atoms with Crippen LogP contribution in [0.5, 0.6) is 11.5 Å². The molecule has 0 aliphatic rings. The van der Waals surface area contributed by atoms with Gasteiger partial charge in [-0.05, 0) is 13.3 Å². The SMILES string of the molecule is CCCCCCCCOc1cnc(C)c(O)c1CN. The third kappa shape index (κ3) is 5.07. The Morgan fingerprint density at radius 1 is 1.21 bits per heavy atom. The van der Waals surface area contributed by atoms with Crippen molar-refractivity contribution in [3.05, 3.63) is 17.5 Å². The van der Waals surface area contributed by atoms with E-state index in [0.29, 0.717) is 23.6 Å². The first-order valence-electron chi connectivity index (χ1n) is 7.21. The Morgan fingerprint density at radius 3 is 2.58 bits per heavy atom. The average molecular weight is 266 g/mol. The van der Waals surface area contributed by atoms with E-state index in [4.69, 9.17) is 10.5 Å². The summed E-state index contributed by atoms with van der Waals surface area (Å²) in [6.45, 7) is 4.89. The molecule has 1 rings (SSSR count). The van der Waals surface area contributed by atoms with E-state index >= 15 is 0 Å². The molecule has 0 fully saturated rings. The molecule has 0 unspecified atom stereocenters. The van der Waals surface area contributed by atoms with Crippen molar-refractivity contribution in [3.63, 3.8) is 0 Å². The lowest BCUT2D eigenvalue weighted by atomic mass is 10.1. The standard InChI is InChI=1S/C15H26N2O2/c1-3-4-5-6-7-8-9-19-14-11-17-12(2)15(18)13(14)10-16/h11,18H,3-10,16H2,1-2H3. The lowest BCUT2D eigenvalue weighted by molar-refractivity contribution is 0.297. The van der Waals surface area contributed by atoms with Crippen LogP contribution in [0.3, 0.4) is 0 Å². The fourth-order valence-corrected chi connectivity index (χ4v) is 2.02. The lowest BCUT2D eigenvalue weighted by Gasteiger charge is -2.12. The molecule has 19 heavy (non-hydrogen) atoms. The van der Waals surface area contributed by atoms with Crippen molar-refractivity contribution in [3.8, 4) is 11.5 Å². The molecule has 1 aromatic rings. The highest BCUT2D eigenvalue weighted by atomic mass is 16.5. The van der Waals surface area contributed by atoms with Crippen LogP contribution in [0, 0.1) is 6.92 Å². The van der Waals surface area contributed by atoms with Crippen molar-refractivity contribution in [1.29, 1.82) is 0 Å². The van der Waals surface area contributed by atoms with E-state index in [-0.39, 0.29) is 12.3 Å². The summed E-state index contributed by atoms with van der Waals surface area (Å²) in [5.41, 5.74) is 6.88. The Hall–Kier alpha value is -1.29. The fraction of sp³-hybridized carbons (Fsp3) is 0.667. The molecule has 0 bridgehead atoms. The molecule has 0 aliphatic heterocycles. The highest BCUT2D eigenvalue weighted by molar-refractivity contribution is 5.44. The minimum atomic E-state index is 0.156. The summed E-state index contributed by atoms with van der Waals surface area (Å²) in [6, 6.07) is 0. The first-order valence-corrected chi connectivity index (χ1v) is 7.21. The number of hydrogen-bond donors (Lipinski definition) is 2. The fourth-order valence-electron chi connectivity index (χ4n) is 2.02. The summed E-state index contributed by atoms with van der Waals surface area (Å²) in [7, 11) is 0. The van der Waals surface area contributed by atoms with Gasteiger partial charge in [0.15, 0.2) is 0 Å². The zero-order valence-corrected chi connectivity index (χ0v) is 12.1. The van der Waals surface area contributed by atoms with E-state index in [1.54, 1.807) is 13.1 Å². The smallest absolute Gasteiger partial charge is 0.145 e. The first-order chi connectivity index (χ1) is 9.20. The molecule has 0 radical (unpaired) electrons. The Kier molecular flexibility index (Phi) is 7.26. The van der Waals surface area contributed by atoms with Gasteiger partial charge in [-0.15, -0.1) is 0 Å². The van der Waals surface area contributed by atoms with Crippen molar-refractivity contribution < 1.29 is 9.84 Å². The maximum absolute atomic E-state index is 9.86. The molecule has 0 spiro atoms. The third-order valence-electron chi connectivity index (χ3n) is 3.26. The number of aryl methyl sites for hydroxylation is 1. The van der Waals surface area contributed by atoms with Crippen LogP contribution in [-0.4, -0.2) is 16.7 Å². The van der Waals surface area contributed by atoms with Crippen LogP contribution in [0.2, 0.25) is 0 Å². The molecule has 0 saturated carbocycles. The van der Waals surface area contributed by atoms with Crippen molar-refractivity contribution in [1.82, 2.24) is 4.98 Å². The molecule has 1 aromatic heterocycles. The van der Waals surface area contributed by atoms with Gasteiger partial charge in [-0.25, -0.2) is 0 Å². The van der Waals surface area contributed by atoms with Crippen molar-refractivity contribution in [2.75, 3.05) is 6.61 Å². The van der Waals surface area contributed by atoms with E-state index in [1.165, 1.54) is 32.1 Å². The van der Waals surface area contributed by atoms with E-state index in [0.717, 1.165) is 6.42 Å². The van der Waals surface area contributed by atoms with Crippen LogP contribution in [0.25, 0.3) is 0 Å². The molecule has 0 saturated heterocycles. The normalized spacial score (nSPS) is 10.7. The molecule has 108 valence electrons. The summed E-state index contributed by atoms with van der Waals surface area (Å²) in [5, 5.41) is 9.86. The monoisotopic (exact) mass is 266 g/mol. The van der Waals surface area contributed by atoms with Gasteiger partial charge in [0.2, 0.25) is 0 Å². The van der Waals surface area contributed by atoms with Gasteiger partial charge < -0.3 is 15.6 Å². The van der Waals surface area contributed by atoms with Gasteiger partial charge in [-0.2, -0.15) is 0 Å². The van der Waals surface area contributed by atoms with Crippen LogP contribution in [0.15, 0.2) is 6.20 Å². The molecular weight excluding hydrogens is 240 g/mol. The molecule has 0 aromatic carbocycles. The molecule has 4 nitrogen and oxygen atoms in total. The number of rotatable bonds is 9. The molecule has 1 heterocycles. The largest absolute Gasteiger partial charge is 0.506 e. The number of pyridine rings is 1. The Bertz CT molecular complexity index is 381. The minimum absolute atomic E-state index is 0.156. The van der Waals surface area contributed by atoms with Crippen LogP contribution < -0.4 is 10.5 Å². The summed E-state index contributed by atoms with van der Waals surface area (Å²) >= 11 is 0. The number of nitrogens with zero attached hydrogens (tertiary/aromatic N) is 1. The quantitative estimate of drug-likeness (QED) is 0.673. The Morgan fingerprint density at radius 2 is 1.89 bits per heavy atom. The summed E-state index contributed by atoms with van der Waals surface area (Å²) in [5.74, 6) is 0.766. The van der Waals surface area contributed by atoms with Gasteiger partial charge in [0.1, 0.15) is 11.5 Å². The third-order valence-corrected chi connectivity index (χ3v) is 3.26. The second kappa shape index (κ2) is 8.75. The average Bonchev–Trinajstić information content (AvgIpc) is 2.42. The predicted molar refractivity (Wildman–Crippen MR) is 77.4 cm³/mol. The summed E-state index contributed by atoms with van der Waals surface area (Å²) in [4.78, 5) is 4.10. The predicted octanol–water partition coefficient (Wildman–Crippen LogP) is 3.29. The number of ether oxygens (including phenoxy) is 1. The lowest BCUT2D eigenvalue weighted by Crippen LogP contribution is -2.06. The van der Waals surface area contributed by atoms with Gasteiger partial charge in [0, 0.05) is 6.54 Å². The first kappa shape index (κ1) is 15.8. The number of aromatic hydroxyl groups is 1. The maximum Gasteiger partial charge on any atom is 0.145 e. The van der Waals surface area contributed by atoms with Crippen LogP contribution in [0.1, 0.15) is 56.7 Å². The summed E-state index contributed by atoms with van der Waals surface area (Å²) < 4.78 is 5.67. The van der Waals surface area contributed by atoms with Crippen molar-refractivity contribution in [2.45, 2.75) is 58.9 Å². The minimum Gasteiger partial charge on any atom is -0.506 e. The molecule has 0 amide bonds. The maximum atomic E-state index is 9.86. The van der Waals surface area contributed by atoms with Gasteiger partial charge in [-0.1, -0.05) is 39.0 Å². The van der Waals surface area contributed by atoms with Crippen molar-refractivity contribution >= 4 is 0 Å². The highest BCUT2D eigenvalue weighted by Gasteiger charge is 2.11. The van der Waals surface area contributed by atoms with Gasteiger partial charge in [0.05, 0.1) is 24.1 Å². The summed E-state index contributed by atoms with van der Waals surface area (Å²) in [6.07, 6.45) is 9.01. The van der Waals surface area contributed by atoms with E-state index < -0.39 is 0 Å². The molecular formula is C15H26N2O2. The van der Waals surface area contributed by atoms with Gasteiger partial charge in [-0.3, -0.25) is 4.98 Å². The second-order valence-corrected chi connectivity index (χ2v) is 4.86. The Labute approximate surface area is 116 Å². The Balaban J connectivity index is 2.35. The molecule has 3 N–H and O–H groups in total. The van der Waals surface area contributed by atoms with Crippen LogP contribution in [-0.2, 0) is 6.54 Å². The number of unbranched alkanes of at least 4 members (excludes halogenated alkanes) is 5. The zero-order valence-electron chi connectivity index (χ0n) is 12.1. The van der Waals surface area contributed by atoms with E-state index in [1.807, 2.05) is 0 Å². The second-order valence-electron chi connectivity index (χ2n) is 4.86. The molecule has 0 atom stereocenters. The van der Waals surface area contributed by atoms with Crippen LogP contribution >= 0.6 is 0 Å². The number of hydrogen-bond acceptors (Lipinski definition) is 4. The molecule has 4 heteroatoms. The zero-order chi connectivity index (χ0) is 14.1. The number of nitrogens with two attached hydrogens (primary N) is 1.